The molecule has 0 radical (unpaired) electrons. The molecule has 0 bridgehead atoms. The van der Waals surface area contributed by atoms with Crippen LogP contribution in [0.1, 0.15) is 52.2 Å². The summed E-state index contributed by atoms with van der Waals surface area (Å²) < 4.78 is 42.0. The molecule has 256 valence electrons. The van der Waals surface area contributed by atoms with Crippen LogP contribution in [0.4, 0.5) is 5.69 Å². The van der Waals surface area contributed by atoms with Crippen molar-refractivity contribution in [3.63, 3.8) is 0 Å². The van der Waals surface area contributed by atoms with E-state index in [1.54, 1.807) is 32.9 Å². The van der Waals surface area contributed by atoms with E-state index in [9.17, 15) is 18.0 Å². The largest absolute Gasteiger partial charge is 0.489 e. The number of nitrogens with zero attached hydrogens (tertiary/aromatic N) is 1. The number of hydrogen-bond donors (Lipinski definition) is 2. The number of fused-ring (bicyclic) bond motifs is 1. The summed E-state index contributed by atoms with van der Waals surface area (Å²) in [6.45, 7) is 9.49. The molecular weight excluding hydrogens is 627 g/mol. The summed E-state index contributed by atoms with van der Waals surface area (Å²) in [6.07, 6.45) is 0.352. The van der Waals surface area contributed by atoms with E-state index in [4.69, 9.17) is 9.47 Å². The molecule has 0 saturated carbocycles. The number of hydrogen-bond acceptors (Lipinski definition) is 7. The molecule has 4 aromatic carbocycles. The molecule has 0 spiro atoms. The number of carbonyl (C=O) groups excluding carboxylic acids is 2. The third-order valence-corrected chi connectivity index (χ3v) is 9.10. The molecule has 0 fully saturated rings. The van der Waals surface area contributed by atoms with Crippen LogP contribution in [0, 0.1) is 5.92 Å². The molecule has 0 heterocycles. The molecule has 1 amide bonds. The molecule has 2 N–H and O–H groups in total. The van der Waals surface area contributed by atoms with E-state index in [1.165, 1.54) is 6.07 Å². The van der Waals surface area contributed by atoms with Crippen LogP contribution in [0.15, 0.2) is 95.9 Å². The van der Waals surface area contributed by atoms with Crippen molar-refractivity contribution >= 4 is 38.4 Å². The zero-order chi connectivity index (χ0) is 35.1. The van der Waals surface area contributed by atoms with E-state index in [-0.39, 0.29) is 23.7 Å². The van der Waals surface area contributed by atoms with E-state index < -0.39 is 39.6 Å². The Bertz CT molecular complexity index is 1800. The first-order valence-corrected chi connectivity index (χ1v) is 17.6. The van der Waals surface area contributed by atoms with Gasteiger partial charge in [0.25, 0.3) is 0 Å². The van der Waals surface area contributed by atoms with Gasteiger partial charge < -0.3 is 19.7 Å². The number of esters is 1. The Hall–Kier alpha value is -4.41. The number of rotatable bonds is 14. The Balaban J connectivity index is 1.56. The van der Waals surface area contributed by atoms with Crippen LogP contribution in [0.3, 0.4) is 0 Å². The second-order valence-electron chi connectivity index (χ2n) is 13.5. The number of amides is 1. The first-order chi connectivity index (χ1) is 22.6. The van der Waals surface area contributed by atoms with Crippen LogP contribution in [0.25, 0.3) is 10.8 Å². The fraction of sp³-hybridized carbons (Fsp3) is 0.368. The highest BCUT2D eigenvalue weighted by atomic mass is 32.2. The normalized spacial score (nSPS) is 13.2. The van der Waals surface area contributed by atoms with E-state index in [0.717, 1.165) is 22.2 Å². The van der Waals surface area contributed by atoms with Crippen LogP contribution in [-0.4, -0.2) is 52.1 Å². The first kappa shape index (κ1) is 36.4. The smallest absolute Gasteiger partial charge is 0.329 e. The molecule has 0 aliphatic heterocycles. The first-order valence-electron chi connectivity index (χ1n) is 16.1. The van der Waals surface area contributed by atoms with E-state index in [2.05, 4.69) is 10.0 Å². The number of sulfonamides is 1. The molecule has 2 unspecified atom stereocenters. The Morgan fingerprint density at radius 1 is 0.792 bits per heavy atom. The van der Waals surface area contributed by atoms with Gasteiger partial charge in [-0.05, 0) is 68.5 Å². The molecule has 48 heavy (non-hydrogen) atoms. The maximum atomic E-state index is 13.9. The summed E-state index contributed by atoms with van der Waals surface area (Å²) in [7, 11) is -0.362. The maximum Gasteiger partial charge on any atom is 0.329 e. The average molecular weight is 674 g/mol. The summed E-state index contributed by atoms with van der Waals surface area (Å²) in [5, 5.41) is 4.13. The average Bonchev–Trinajstić information content (AvgIpc) is 3.02. The predicted molar refractivity (Wildman–Crippen MR) is 191 cm³/mol. The Morgan fingerprint density at radius 2 is 1.44 bits per heavy atom. The van der Waals surface area contributed by atoms with Gasteiger partial charge in [0.1, 0.15) is 30.0 Å². The summed E-state index contributed by atoms with van der Waals surface area (Å²) in [4.78, 5) is 29.3. The monoisotopic (exact) mass is 673 g/mol. The number of benzene rings is 4. The van der Waals surface area contributed by atoms with Crippen LogP contribution < -0.4 is 19.7 Å². The van der Waals surface area contributed by atoms with Gasteiger partial charge in [-0.3, -0.25) is 4.79 Å². The molecule has 0 aliphatic carbocycles. The number of nitrogens with one attached hydrogen (secondary N) is 2. The van der Waals surface area contributed by atoms with Crippen molar-refractivity contribution in [2.24, 2.45) is 5.92 Å². The number of carbonyl (C=O) groups is 2. The van der Waals surface area contributed by atoms with Gasteiger partial charge in [0, 0.05) is 37.0 Å². The van der Waals surface area contributed by atoms with Gasteiger partial charge in [0.2, 0.25) is 15.9 Å². The van der Waals surface area contributed by atoms with Gasteiger partial charge in [0.15, 0.2) is 0 Å². The minimum Gasteiger partial charge on any atom is -0.489 e. The third kappa shape index (κ3) is 10.0. The molecule has 4 rings (SSSR count). The van der Waals surface area contributed by atoms with Crippen molar-refractivity contribution in [1.82, 2.24) is 10.0 Å². The van der Waals surface area contributed by atoms with E-state index >= 15 is 0 Å². The highest BCUT2D eigenvalue weighted by molar-refractivity contribution is 7.89. The highest BCUT2D eigenvalue weighted by Crippen LogP contribution is 2.30. The lowest BCUT2D eigenvalue weighted by molar-refractivity contribution is -0.158. The summed E-state index contributed by atoms with van der Waals surface area (Å²) in [5.41, 5.74) is 1.89. The number of ether oxygens (including phenoxy) is 2. The highest BCUT2D eigenvalue weighted by Gasteiger charge is 2.33. The fourth-order valence-corrected chi connectivity index (χ4v) is 6.79. The molecule has 0 aromatic heterocycles. The standard InChI is InChI=1S/C38H47N3O6S/c1-26(2)23-32(40-48(44,45)35-18-12-15-30-31(35)16-11-17-34(30)41(6)7)36(42)39-33(37(43)47-38(3,4)5)24-27-19-21-29(22-20-27)46-25-28-13-9-8-10-14-28/h8-22,26,32-33,40H,23-25H2,1-7H3,(H,39,42). The minimum atomic E-state index is -4.15. The lowest BCUT2D eigenvalue weighted by Crippen LogP contribution is -2.53. The Morgan fingerprint density at radius 3 is 2.06 bits per heavy atom. The topological polar surface area (TPSA) is 114 Å². The molecule has 0 aliphatic rings. The fourth-order valence-electron chi connectivity index (χ4n) is 5.36. The van der Waals surface area contributed by atoms with Crippen molar-refractivity contribution in [3.05, 3.63) is 102 Å². The van der Waals surface area contributed by atoms with Crippen molar-refractivity contribution in [1.29, 1.82) is 0 Å². The zero-order valence-corrected chi connectivity index (χ0v) is 29.6. The Labute approximate surface area is 284 Å². The van der Waals surface area contributed by atoms with Crippen molar-refractivity contribution in [3.8, 4) is 5.75 Å². The second kappa shape index (κ2) is 15.7. The molecule has 0 saturated heterocycles. The molecular formula is C38H47N3O6S. The molecule has 4 aromatic rings. The van der Waals surface area contributed by atoms with Crippen LogP contribution in [-0.2, 0) is 37.4 Å². The molecule has 10 heteroatoms. The van der Waals surface area contributed by atoms with Crippen molar-refractivity contribution < 1.29 is 27.5 Å². The van der Waals surface area contributed by atoms with Gasteiger partial charge in [-0.2, -0.15) is 4.72 Å². The minimum absolute atomic E-state index is 0.0280. The van der Waals surface area contributed by atoms with Crippen LogP contribution in [0.2, 0.25) is 0 Å². The van der Waals surface area contributed by atoms with Gasteiger partial charge in [0.05, 0.1) is 4.90 Å². The third-order valence-electron chi connectivity index (χ3n) is 7.57. The number of anilines is 1. The van der Waals surface area contributed by atoms with Crippen LogP contribution >= 0.6 is 0 Å². The predicted octanol–water partition coefficient (Wildman–Crippen LogP) is 6.25. The zero-order valence-electron chi connectivity index (χ0n) is 28.8. The summed E-state index contributed by atoms with van der Waals surface area (Å²) in [5.74, 6) is -0.588. The van der Waals surface area contributed by atoms with E-state index in [0.29, 0.717) is 17.7 Å². The summed E-state index contributed by atoms with van der Waals surface area (Å²) in [6, 6.07) is 25.5. The van der Waals surface area contributed by atoms with Crippen molar-refractivity contribution in [2.45, 2.75) is 76.6 Å². The van der Waals surface area contributed by atoms with Gasteiger partial charge in [-0.15, -0.1) is 0 Å². The van der Waals surface area contributed by atoms with Gasteiger partial charge in [-0.1, -0.05) is 80.6 Å². The van der Waals surface area contributed by atoms with E-state index in [1.807, 2.05) is 106 Å². The summed E-state index contributed by atoms with van der Waals surface area (Å²) >= 11 is 0. The SMILES string of the molecule is CC(C)CC(NS(=O)(=O)c1cccc2c(N(C)C)cccc12)C(=O)NC(Cc1ccc(OCc2ccccc2)cc1)C(=O)OC(C)(C)C. The molecule has 9 nitrogen and oxygen atoms in total. The molecule has 2 atom stereocenters. The lowest BCUT2D eigenvalue weighted by Gasteiger charge is -2.27. The van der Waals surface area contributed by atoms with Crippen LogP contribution in [0.5, 0.6) is 5.75 Å². The van der Waals surface area contributed by atoms with Crippen molar-refractivity contribution in [2.75, 3.05) is 19.0 Å². The van der Waals surface area contributed by atoms with Gasteiger partial charge >= 0.3 is 5.97 Å². The Kier molecular flexibility index (Phi) is 11.9. The maximum absolute atomic E-state index is 13.9. The quantitative estimate of drug-likeness (QED) is 0.152. The lowest BCUT2D eigenvalue weighted by atomic mass is 10.0. The van der Waals surface area contributed by atoms with Gasteiger partial charge in [-0.25, -0.2) is 13.2 Å². The second-order valence-corrected chi connectivity index (χ2v) is 15.2.